The topological polar surface area (TPSA) is 47.9 Å². The number of thioether (sulfide) groups is 2. The lowest BCUT2D eigenvalue weighted by molar-refractivity contribution is -0.107. The largest absolute Gasteiger partial charge is 0.454 e. The maximum Gasteiger partial charge on any atom is 0.244 e. The van der Waals surface area contributed by atoms with Crippen molar-refractivity contribution in [1.82, 2.24) is 0 Å². The van der Waals surface area contributed by atoms with Crippen LogP contribution in [-0.2, 0) is 4.79 Å². The van der Waals surface area contributed by atoms with Gasteiger partial charge in [0.2, 0.25) is 11.9 Å². The summed E-state index contributed by atoms with van der Waals surface area (Å²) in [5.74, 6) is 2.37. The van der Waals surface area contributed by atoms with E-state index in [9.17, 15) is 4.79 Å². The van der Waals surface area contributed by atoms with E-state index in [0.717, 1.165) is 26.6 Å². The predicted octanol–water partition coefficient (Wildman–Crippen LogP) is 4.29. The Morgan fingerprint density at radius 2 is 2.19 bits per heavy atom. The summed E-state index contributed by atoms with van der Waals surface area (Å²) >= 11 is 6.30. The Bertz CT molecular complexity index is 658. The van der Waals surface area contributed by atoms with Crippen molar-refractivity contribution in [1.29, 1.82) is 0 Å². The van der Waals surface area contributed by atoms with Crippen molar-refractivity contribution in [3.8, 4) is 11.5 Å². The van der Waals surface area contributed by atoms with Crippen LogP contribution in [0.5, 0.6) is 11.5 Å². The Hall–Kier alpha value is -0.920. The van der Waals surface area contributed by atoms with Crippen LogP contribution in [0.3, 0.4) is 0 Å². The number of carbonyl (C=O) groups is 1. The Labute approximate surface area is 139 Å². The van der Waals surface area contributed by atoms with Crippen LogP contribution in [-0.4, -0.2) is 22.0 Å². The van der Waals surface area contributed by atoms with Crippen LogP contribution in [0.4, 0.5) is 0 Å². The number of nitrogens with zero attached hydrogens (tertiary/aromatic N) is 1. The molecule has 0 spiro atoms. The second kappa shape index (κ2) is 6.46. The zero-order valence-electron chi connectivity index (χ0n) is 11.2. The molecular formula is C14H12BrNO3S2. The van der Waals surface area contributed by atoms with Gasteiger partial charge in [-0.15, -0.1) is 0 Å². The summed E-state index contributed by atoms with van der Waals surface area (Å²) in [6.45, 7) is 2.34. The summed E-state index contributed by atoms with van der Waals surface area (Å²) in [6.07, 6.45) is 2.84. The molecule has 1 aromatic rings. The van der Waals surface area contributed by atoms with E-state index in [4.69, 9.17) is 9.47 Å². The third kappa shape index (κ3) is 3.30. The van der Waals surface area contributed by atoms with Gasteiger partial charge in [-0.05, 0) is 47.7 Å². The molecule has 0 atom stereocenters. The molecule has 3 rings (SSSR count). The molecule has 1 aromatic carbocycles. The number of fused-ring (bicyclic) bond motifs is 1. The van der Waals surface area contributed by atoms with Gasteiger partial charge in [0.25, 0.3) is 0 Å². The molecule has 7 heteroatoms. The molecule has 0 amide bonds. The van der Waals surface area contributed by atoms with Crippen LogP contribution in [0.15, 0.2) is 27.3 Å². The fourth-order valence-corrected chi connectivity index (χ4v) is 4.03. The van der Waals surface area contributed by atoms with Crippen LogP contribution in [0.1, 0.15) is 18.9 Å². The van der Waals surface area contributed by atoms with E-state index < -0.39 is 0 Å². The maximum atomic E-state index is 12.0. The lowest BCUT2D eigenvalue weighted by Gasteiger charge is -2.02. The second-order valence-corrected chi connectivity index (χ2v) is 7.53. The summed E-state index contributed by atoms with van der Waals surface area (Å²) in [5, 5.41) is -0.0156. The number of benzene rings is 1. The van der Waals surface area contributed by atoms with Crippen molar-refractivity contribution in [2.24, 2.45) is 4.99 Å². The molecule has 0 unspecified atom stereocenters. The van der Waals surface area contributed by atoms with E-state index in [2.05, 4.69) is 27.8 Å². The fraction of sp³-hybridized carbons (Fsp3) is 0.286. The Balaban J connectivity index is 1.88. The first-order valence-corrected chi connectivity index (χ1v) is 9.01. The normalized spacial score (nSPS) is 18.5. The summed E-state index contributed by atoms with van der Waals surface area (Å²) in [5.41, 5.74) is 1.33. The molecule has 0 radical (unpaired) electrons. The van der Waals surface area contributed by atoms with Crippen molar-refractivity contribution in [3.05, 3.63) is 27.9 Å². The molecule has 0 N–H and O–H groups in total. The van der Waals surface area contributed by atoms with Gasteiger partial charge in [-0.25, -0.2) is 4.99 Å². The predicted molar refractivity (Wildman–Crippen MR) is 91.0 cm³/mol. The van der Waals surface area contributed by atoms with Crippen molar-refractivity contribution >= 4 is 55.0 Å². The standard InChI is InChI=1S/C14H12BrNO3S2/c1-2-3-20-14-16-10(13(17)21-14)4-8-5-11-12(6-9(8)15)19-7-18-11/h4-6H,2-3,7H2,1H3/b10-4-. The van der Waals surface area contributed by atoms with E-state index in [1.165, 1.54) is 11.8 Å². The molecule has 2 aliphatic heterocycles. The van der Waals surface area contributed by atoms with Crippen molar-refractivity contribution < 1.29 is 14.3 Å². The molecule has 0 aliphatic carbocycles. The highest BCUT2D eigenvalue weighted by Crippen LogP contribution is 2.39. The summed E-state index contributed by atoms with van der Waals surface area (Å²) in [7, 11) is 0. The van der Waals surface area contributed by atoms with Gasteiger partial charge in [0, 0.05) is 4.47 Å². The average Bonchev–Trinajstić information content (AvgIpc) is 3.04. The van der Waals surface area contributed by atoms with Gasteiger partial charge in [0.15, 0.2) is 11.5 Å². The summed E-state index contributed by atoms with van der Waals surface area (Å²) in [4.78, 5) is 16.4. The SMILES string of the molecule is CCCSC1=N/C(=C\c2cc3c(cc2Br)OCO3)C(=O)S1. The first kappa shape index (κ1) is 15.0. The van der Waals surface area contributed by atoms with Crippen molar-refractivity contribution in [2.45, 2.75) is 13.3 Å². The smallest absolute Gasteiger partial charge is 0.244 e. The molecule has 4 nitrogen and oxygen atoms in total. The first-order valence-electron chi connectivity index (χ1n) is 6.42. The molecule has 0 aromatic heterocycles. The van der Waals surface area contributed by atoms with E-state index in [-0.39, 0.29) is 11.9 Å². The summed E-state index contributed by atoms with van der Waals surface area (Å²) in [6, 6.07) is 3.70. The molecule has 0 fully saturated rings. The molecular weight excluding hydrogens is 374 g/mol. The molecule has 2 aliphatic rings. The monoisotopic (exact) mass is 385 g/mol. The number of rotatable bonds is 3. The minimum atomic E-state index is -0.0156. The fourth-order valence-electron chi connectivity index (χ4n) is 1.83. The van der Waals surface area contributed by atoms with Gasteiger partial charge in [-0.3, -0.25) is 4.79 Å². The van der Waals surface area contributed by atoms with Crippen molar-refractivity contribution in [3.63, 3.8) is 0 Å². The van der Waals surface area contributed by atoms with Crippen LogP contribution in [0, 0.1) is 0 Å². The molecule has 0 bridgehead atoms. The van der Waals surface area contributed by atoms with Crippen LogP contribution in [0.25, 0.3) is 6.08 Å². The van der Waals surface area contributed by atoms with Crippen molar-refractivity contribution in [2.75, 3.05) is 12.5 Å². The number of halogens is 1. The Kier molecular flexibility index (Phi) is 4.61. The van der Waals surface area contributed by atoms with Gasteiger partial charge in [-0.2, -0.15) is 0 Å². The van der Waals surface area contributed by atoms with E-state index in [0.29, 0.717) is 17.2 Å². The van der Waals surface area contributed by atoms with E-state index >= 15 is 0 Å². The van der Waals surface area contributed by atoms with Gasteiger partial charge in [0.1, 0.15) is 10.1 Å². The minimum Gasteiger partial charge on any atom is -0.454 e. The van der Waals surface area contributed by atoms with Gasteiger partial charge in [0.05, 0.1) is 0 Å². The van der Waals surface area contributed by atoms with E-state index in [1.807, 2.05) is 12.1 Å². The van der Waals surface area contributed by atoms with Gasteiger partial charge in [-0.1, -0.05) is 34.6 Å². The number of ether oxygens (including phenoxy) is 2. The van der Waals surface area contributed by atoms with Crippen LogP contribution in [0.2, 0.25) is 0 Å². The molecule has 21 heavy (non-hydrogen) atoms. The molecule has 2 heterocycles. The highest BCUT2D eigenvalue weighted by atomic mass is 79.9. The zero-order chi connectivity index (χ0) is 14.8. The quantitative estimate of drug-likeness (QED) is 0.726. The average molecular weight is 386 g/mol. The second-order valence-electron chi connectivity index (χ2n) is 4.37. The summed E-state index contributed by atoms with van der Waals surface area (Å²) < 4.78 is 12.3. The molecule has 0 saturated heterocycles. The maximum absolute atomic E-state index is 12.0. The van der Waals surface area contributed by atoms with Crippen LogP contribution < -0.4 is 9.47 Å². The number of carbonyl (C=O) groups excluding carboxylic acids is 1. The van der Waals surface area contributed by atoms with Crippen LogP contribution >= 0.6 is 39.5 Å². The third-order valence-corrected chi connectivity index (χ3v) is 5.72. The zero-order valence-corrected chi connectivity index (χ0v) is 14.4. The van der Waals surface area contributed by atoms with E-state index in [1.54, 1.807) is 17.8 Å². The molecule has 0 saturated carbocycles. The lowest BCUT2D eigenvalue weighted by Crippen LogP contribution is -1.92. The highest BCUT2D eigenvalue weighted by molar-refractivity contribution is 9.10. The minimum absolute atomic E-state index is 0.0156. The number of aliphatic imine (C=N–C) groups is 1. The number of hydrogen-bond acceptors (Lipinski definition) is 6. The Morgan fingerprint density at radius 1 is 1.43 bits per heavy atom. The van der Waals surface area contributed by atoms with Gasteiger partial charge >= 0.3 is 0 Å². The lowest BCUT2D eigenvalue weighted by atomic mass is 10.1. The highest BCUT2D eigenvalue weighted by Gasteiger charge is 2.23. The third-order valence-electron chi connectivity index (χ3n) is 2.81. The number of hydrogen-bond donors (Lipinski definition) is 0. The Morgan fingerprint density at radius 3 is 2.95 bits per heavy atom. The van der Waals surface area contributed by atoms with Gasteiger partial charge < -0.3 is 9.47 Å². The molecule has 110 valence electrons. The first-order chi connectivity index (χ1) is 10.2.